The molecule has 0 aliphatic heterocycles. The number of alkyl halides is 3. The summed E-state index contributed by atoms with van der Waals surface area (Å²) in [5.41, 5.74) is 2.91. The van der Waals surface area contributed by atoms with Crippen LogP contribution in [0, 0.1) is 0 Å². The van der Waals surface area contributed by atoms with Crippen LogP contribution in [0.25, 0.3) is 0 Å². The SMILES string of the molecule is FC(F)(F)c1cnc(Nc2ccc(C3CCCC3)cc2)nc1Nc1ccccc1C1CCCCC1. The highest BCUT2D eigenvalue weighted by Crippen LogP contribution is 2.40. The lowest BCUT2D eigenvalue weighted by atomic mass is 9.83. The maximum Gasteiger partial charge on any atom is 0.421 e. The molecule has 0 atom stereocenters. The van der Waals surface area contributed by atoms with Crippen molar-refractivity contribution in [1.82, 2.24) is 9.97 Å². The van der Waals surface area contributed by atoms with Crippen LogP contribution in [0.2, 0.25) is 0 Å². The van der Waals surface area contributed by atoms with Crippen molar-refractivity contribution in [1.29, 1.82) is 0 Å². The highest BCUT2D eigenvalue weighted by atomic mass is 19.4. The summed E-state index contributed by atoms with van der Waals surface area (Å²) in [6, 6.07) is 15.7. The van der Waals surface area contributed by atoms with Gasteiger partial charge in [-0.2, -0.15) is 18.2 Å². The summed E-state index contributed by atoms with van der Waals surface area (Å²) in [7, 11) is 0. The minimum Gasteiger partial charge on any atom is -0.339 e. The number of nitrogens with one attached hydrogen (secondary N) is 2. The van der Waals surface area contributed by atoms with Gasteiger partial charge in [-0.05, 0) is 66.8 Å². The summed E-state index contributed by atoms with van der Waals surface area (Å²) in [6.45, 7) is 0. The summed E-state index contributed by atoms with van der Waals surface area (Å²) in [5, 5.41) is 6.08. The molecular formula is C28H31F3N4. The number of para-hydroxylation sites is 1. The molecule has 2 saturated carbocycles. The number of halogens is 3. The molecule has 3 aromatic rings. The number of rotatable bonds is 6. The van der Waals surface area contributed by atoms with Crippen molar-refractivity contribution in [2.45, 2.75) is 75.8 Å². The van der Waals surface area contributed by atoms with Gasteiger partial charge in [0.25, 0.3) is 0 Å². The van der Waals surface area contributed by atoms with Crippen LogP contribution in [-0.4, -0.2) is 9.97 Å². The maximum absolute atomic E-state index is 13.8. The quantitative estimate of drug-likeness (QED) is 0.370. The van der Waals surface area contributed by atoms with Gasteiger partial charge in [0.15, 0.2) is 0 Å². The lowest BCUT2D eigenvalue weighted by Crippen LogP contribution is -2.14. The van der Waals surface area contributed by atoms with Crippen LogP contribution >= 0.6 is 0 Å². The first-order valence-corrected chi connectivity index (χ1v) is 12.6. The molecule has 0 amide bonds. The van der Waals surface area contributed by atoms with E-state index in [-0.39, 0.29) is 11.8 Å². The van der Waals surface area contributed by atoms with Crippen LogP contribution in [0.4, 0.5) is 36.3 Å². The van der Waals surface area contributed by atoms with Gasteiger partial charge in [0.1, 0.15) is 11.4 Å². The highest BCUT2D eigenvalue weighted by molar-refractivity contribution is 5.66. The van der Waals surface area contributed by atoms with Crippen molar-refractivity contribution in [3.8, 4) is 0 Å². The van der Waals surface area contributed by atoms with Crippen LogP contribution in [-0.2, 0) is 6.18 Å². The van der Waals surface area contributed by atoms with Gasteiger partial charge >= 0.3 is 6.18 Å². The van der Waals surface area contributed by atoms with E-state index in [4.69, 9.17) is 0 Å². The molecule has 2 N–H and O–H groups in total. The second kappa shape index (κ2) is 10.3. The third-order valence-electron chi connectivity index (χ3n) is 7.35. The van der Waals surface area contributed by atoms with Gasteiger partial charge in [0.05, 0.1) is 0 Å². The van der Waals surface area contributed by atoms with E-state index in [0.29, 0.717) is 17.5 Å². The van der Waals surface area contributed by atoms with Crippen molar-refractivity contribution >= 4 is 23.1 Å². The molecule has 0 saturated heterocycles. The Morgan fingerprint density at radius 3 is 2.11 bits per heavy atom. The molecule has 0 unspecified atom stereocenters. The number of nitrogens with zero attached hydrogens (tertiary/aromatic N) is 2. The van der Waals surface area contributed by atoms with E-state index in [1.54, 1.807) is 0 Å². The maximum atomic E-state index is 13.8. The Hall–Kier alpha value is -3.09. The second-order valence-corrected chi connectivity index (χ2v) is 9.73. The Kier molecular flexibility index (Phi) is 6.93. The third-order valence-corrected chi connectivity index (χ3v) is 7.35. The van der Waals surface area contributed by atoms with Crippen LogP contribution in [0.15, 0.2) is 54.7 Å². The zero-order valence-corrected chi connectivity index (χ0v) is 19.7. The van der Waals surface area contributed by atoms with Crippen molar-refractivity contribution in [3.05, 3.63) is 71.4 Å². The minimum atomic E-state index is -4.57. The molecule has 0 radical (unpaired) electrons. The van der Waals surface area contributed by atoms with E-state index in [0.717, 1.165) is 43.1 Å². The number of benzene rings is 2. The molecule has 7 heteroatoms. The molecule has 4 nitrogen and oxygen atoms in total. The summed E-state index contributed by atoms with van der Waals surface area (Å²) in [5.74, 6) is 0.844. The fourth-order valence-corrected chi connectivity index (χ4v) is 5.48. The minimum absolute atomic E-state index is 0.129. The van der Waals surface area contributed by atoms with E-state index in [1.807, 2.05) is 36.4 Å². The molecule has 1 heterocycles. The van der Waals surface area contributed by atoms with Crippen LogP contribution in [0.5, 0.6) is 0 Å². The van der Waals surface area contributed by atoms with E-state index in [1.165, 1.54) is 37.7 Å². The molecule has 1 aromatic heterocycles. The molecule has 2 aliphatic carbocycles. The zero-order chi connectivity index (χ0) is 24.3. The van der Waals surface area contributed by atoms with Gasteiger partial charge in [-0.15, -0.1) is 0 Å². The molecule has 184 valence electrons. The van der Waals surface area contributed by atoms with Crippen LogP contribution in [0.1, 0.15) is 86.3 Å². The fraction of sp³-hybridized carbons (Fsp3) is 0.429. The monoisotopic (exact) mass is 480 g/mol. The van der Waals surface area contributed by atoms with Crippen LogP contribution in [0.3, 0.4) is 0 Å². The third kappa shape index (κ3) is 5.60. The molecule has 2 fully saturated rings. The number of aromatic nitrogens is 2. The molecule has 5 rings (SSSR count). The number of anilines is 4. The lowest BCUT2D eigenvalue weighted by molar-refractivity contribution is -0.137. The molecule has 35 heavy (non-hydrogen) atoms. The van der Waals surface area contributed by atoms with Crippen molar-refractivity contribution in [2.75, 3.05) is 10.6 Å². The van der Waals surface area contributed by atoms with E-state index in [9.17, 15) is 13.2 Å². The standard InChI is InChI=1S/C28H31F3N4/c29-28(30,31)24-18-32-27(33-22-16-14-20(15-17-22)19-8-4-5-9-19)35-26(24)34-25-13-7-6-12-23(25)21-10-2-1-3-11-21/h6-7,12-19,21H,1-5,8-11H2,(H2,32,33,34,35). The second-order valence-electron chi connectivity index (χ2n) is 9.73. The number of hydrogen-bond donors (Lipinski definition) is 2. The molecule has 0 bridgehead atoms. The topological polar surface area (TPSA) is 49.8 Å². The van der Waals surface area contributed by atoms with Gasteiger partial charge in [-0.25, -0.2) is 4.98 Å². The predicted molar refractivity (Wildman–Crippen MR) is 134 cm³/mol. The molecule has 2 aromatic carbocycles. The van der Waals surface area contributed by atoms with Gasteiger partial charge in [-0.1, -0.05) is 62.4 Å². The normalized spacial score (nSPS) is 17.5. The number of hydrogen-bond acceptors (Lipinski definition) is 4. The summed E-state index contributed by atoms with van der Waals surface area (Å²) >= 11 is 0. The Labute approximate surface area is 204 Å². The Bertz CT molecular complexity index is 1130. The Morgan fingerprint density at radius 2 is 1.40 bits per heavy atom. The summed E-state index contributed by atoms with van der Waals surface area (Å²) in [4.78, 5) is 8.24. The first-order valence-electron chi connectivity index (χ1n) is 12.6. The van der Waals surface area contributed by atoms with E-state index >= 15 is 0 Å². The van der Waals surface area contributed by atoms with E-state index in [2.05, 4.69) is 32.7 Å². The van der Waals surface area contributed by atoms with Crippen molar-refractivity contribution in [3.63, 3.8) is 0 Å². The van der Waals surface area contributed by atoms with E-state index < -0.39 is 11.7 Å². The first kappa shape index (κ1) is 23.6. The van der Waals surface area contributed by atoms with Gasteiger partial charge in [0, 0.05) is 17.6 Å². The Morgan fingerprint density at radius 1 is 0.743 bits per heavy atom. The molecule has 2 aliphatic rings. The van der Waals surface area contributed by atoms with Gasteiger partial charge in [-0.3, -0.25) is 0 Å². The Balaban J connectivity index is 1.40. The molecular weight excluding hydrogens is 449 g/mol. The predicted octanol–water partition coefficient (Wildman–Crippen LogP) is 8.69. The summed E-state index contributed by atoms with van der Waals surface area (Å²) in [6.07, 6.45) is 6.87. The average molecular weight is 481 g/mol. The van der Waals surface area contributed by atoms with Crippen molar-refractivity contribution < 1.29 is 13.2 Å². The largest absolute Gasteiger partial charge is 0.421 e. The fourth-order valence-electron chi connectivity index (χ4n) is 5.48. The van der Waals surface area contributed by atoms with Crippen LogP contribution < -0.4 is 10.6 Å². The van der Waals surface area contributed by atoms with Gasteiger partial charge in [0.2, 0.25) is 5.95 Å². The van der Waals surface area contributed by atoms with Crippen molar-refractivity contribution in [2.24, 2.45) is 0 Å². The first-order chi connectivity index (χ1) is 17.0. The van der Waals surface area contributed by atoms with Gasteiger partial charge < -0.3 is 10.6 Å². The smallest absolute Gasteiger partial charge is 0.339 e. The molecule has 0 spiro atoms. The summed E-state index contributed by atoms with van der Waals surface area (Å²) < 4.78 is 41.5. The average Bonchev–Trinajstić information content (AvgIpc) is 3.40. The zero-order valence-electron chi connectivity index (χ0n) is 19.7. The lowest BCUT2D eigenvalue weighted by Gasteiger charge is -2.25. The highest BCUT2D eigenvalue weighted by Gasteiger charge is 2.35.